The number of allylic oxidation sites excluding steroid dienone is 2. The van der Waals surface area contributed by atoms with Gasteiger partial charge in [-0.1, -0.05) is 36.3 Å². The lowest BCUT2D eigenvalue weighted by molar-refractivity contribution is -0.137. The van der Waals surface area contributed by atoms with Gasteiger partial charge in [0.15, 0.2) is 0 Å². The van der Waals surface area contributed by atoms with Crippen LogP contribution in [0, 0.1) is 35.5 Å². The summed E-state index contributed by atoms with van der Waals surface area (Å²) >= 11 is 0. The van der Waals surface area contributed by atoms with Crippen LogP contribution in [0.3, 0.4) is 0 Å². The summed E-state index contributed by atoms with van der Waals surface area (Å²) in [6, 6.07) is 0. The van der Waals surface area contributed by atoms with Crippen molar-refractivity contribution in [2.75, 3.05) is 0 Å². The van der Waals surface area contributed by atoms with E-state index in [2.05, 4.69) is 17.9 Å². The molecule has 4 heteroatoms. The standard InChI is InChI=1S/C21H30O4/c22-19(14-5-1-2-6-14)11-10-17-18-13-15(7-3-4-8-21(24)25)16(18)9-12-20(17)23/h7,14,16-20,22-23H,1-6,8-9,12-13H2,(H,24,25)/b15-7+/t16-,17-,18+,19?,20-/m1/s1. The lowest BCUT2D eigenvalue weighted by Crippen LogP contribution is -2.44. The van der Waals surface area contributed by atoms with Crippen LogP contribution in [-0.4, -0.2) is 33.5 Å². The van der Waals surface area contributed by atoms with E-state index in [1.807, 2.05) is 0 Å². The molecule has 0 heterocycles. The van der Waals surface area contributed by atoms with Crippen LogP contribution in [0.25, 0.3) is 0 Å². The van der Waals surface area contributed by atoms with E-state index in [0.29, 0.717) is 24.2 Å². The monoisotopic (exact) mass is 346 g/mol. The molecule has 5 atom stereocenters. The second kappa shape index (κ2) is 8.38. The average Bonchev–Trinajstić information content (AvgIpc) is 3.09. The molecule has 0 radical (unpaired) electrons. The fraction of sp³-hybridized carbons (Fsp3) is 0.762. The number of hydrogen-bond donors (Lipinski definition) is 3. The van der Waals surface area contributed by atoms with Gasteiger partial charge in [-0.15, -0.1) is 0 Å². The first kappa shape index (κ1) is 18.5. The van der Waals surface area contributed by atoms with Gasteiger partial charge in [0, 0.05) is 6.42 Å². The number of hydrogen-bond acceptors (Lipinski definition) is 3. The minimum Gasteiger partial charge on any atom is -0.481 e. The van der Waals surface area contributed by atoms with Gasteiger partial charge < -0.3 is 15.3 Å². The molecule has 0 aromatic carbocycles. The summed E-state index contributed by atoms with van der Waals surface area (Å²) < 4.78 is 0. The number of carboxylic acid groups (broad SMARTS) is 1. The zero-order valence-corrected chi connectivity index (χ0v) is 14.9. The lowest BCUT2D eigenvalue weighted by Gasteiger charge is -2.48. The van der Waals surface area contributed by atoms with Crippen LogP contribution in [0.15, 0.2) is 11.6 Å². The Balaban J connectivity index is 1.55. The highest BCUT2D eigenvalue weighted by atomic mass is 16.4. The first-order valence-corrected chi connectivity index (χ1v) is 9.84. The Morgan fingerprint density at radius 2 is 2.00 bits per heavy atom. The quantitative estimate of drug-likeness (QED) is 0.406. The van der Waals surface area contributed by atoms with Crippen molar-refractivity contribution in [3.63, 3.8) is 0 Å². The van der Waals surface area contributed by atoms with Crippen LogP contribution in [0.1, 0.15) is 64.2 Å². The van der Waals surface area contributed by atoms with Crippen molar-refractivity contribution in [3.8, 4) is 11.8 Å². The minimum atomic E-state index is -0.734. The van der Waals surface area contributed by atoms with E-state index in [1.165, 1.54) is 18.4 Å². The third-order valence-electron chi connectivity index (χ3n) is 6.36. The van der Waals surface area contributed by atoms with Gasteiger partial charge >= 0.3 is 5.97 Å². The third-order valence-corrected chi connectivity index (χ3v) is 6.36. The molecule has 3 saturated carbocycles. The normalized spacial score (nSPS) is 34.7. The molecule has 3 rings (SSSR count). The van der Waals surface area contributed by atoms with Gasteiger partial charge in [0.1, 0.15) is 6.10 Å². The highest BCUT2D eigenvalue weighted by Crippen LogP contribution is 2.51. The van der Waals surface area contributed by atoms with E-state index >= 15 is 0 Å². The van der Waals surface area contributed by atoms with Gasteiger partial charge in [-0.25, -0.2) is 0 Å². The molecule has 25 heavy (non-hydrogen) atoms. The number of aliphatic hydroxyl groups excluding tert-OH is 2. The topological polar surface area (TPSA) is 77.8 Å². The molecule has 0 aromatic rings. The molecule has 3 N–H and O–H groups in total. The van der Waals surface area contributed by atoms with E-state index in [9.17, 15) is 15.0 Å². The number of rotatable bonds is 5. The highest BCUT2D eigenvalue weighted by molar-refractivity contribution is 5.66. The fourth-order valence-corrected chi connectivity index (χ4v) is 4.82. The predicted molar refractivity (Wildman–Crippen MR) is 95.6 cm³/mol. The maximum Gasteiger partial charge on any atom is 0.303 e. The number of carboxylic acids is 1. The number of carbonyl (C=O) groups is 1. The zero-order chi connectivity index (χ0) is 17.8. The van der Waals surface area contributed by atoms with Crippen molar-refractivity contribution < 1.29 is 20.1 Å². The van der Waals surface area contributed by atoms with E-state index in [-0.39, 0.29) is 18.4 Å². The summed E-state index contributed by atoms with van der Waals surface area (Å²) in [6.45, 7) is 0. The molecule has 3 aliphatic carbocycles. The predicted octanol–water partition coefficient (Wildman–Crippen LogP) is 3.13. The minimum absolute atomic E-state index is 0.0222. The number of unbranched alkanes of at least 4 members (excludes halogenated alkanes) is 1. The van der Waals surface area contributed by atoms with E-state index in [1.54, 1.807) is 0 Å². The fourth-order valence-electron chi connectivity index (χ4n) is 4.82. The van der Waals surface area contributed by atoms with E-state index < -0.39 is 12.1 Å². The summed E-state index contributed by atoms with van der Waals surface area (Å²) in [7, 11) is 0. The Morgan fingerprint density at radius 1 is 1.24 bits per heavy atom. The molecule has 3 fully saturated rings. The van der Waals surface area contributed by atoms with Crippen molar-refractivity contribution in [2.45, 2.75) is 76.4 Å². The van der Waals surface area contributed by atoms with Crippen LogP contribution in [-0.2, 0) is 4.79 Å². The number of aliphatic carboxylic acids is 1. The Labute approximate surface area is 150 Å². The summed E-state index contributed by atoms with van der Waals surface area (Å²) in [5.41, 5.74) is 1.42. The molecule has 4 nitrogen and oxygen atoms in total. The van der Waals surface area contributed by atoms with Gasteiger partial charge in [-0.3, -0.25) is 4.79 Å². The SMILES string of the molecule is O=C(O)CCC/C=C1\C[C@@H]2[C@@H](C#CC(O)C3CCCC3)[C@H](O)CC[C@H]12. The maximum atomic E-state index is 10.6. The van der Waals surface area contributed by atoms with Crippen LogP contribution in [0.5, 0.6) is 0 Å². The third kappa shape index (κ3) is 4.46. The molecule has 138 valence electrons. The smallest absolute Gasteiger partial charge is 0.303 e. The summed E-state index contributed by atoms with van der Waals surface area (Å²) in [5, 5.41) is 29.3. The zero-order valence-electron chi connectivity index (χ0n) is 14.9. The van der Waals surface area contributed by atoms with Crippen molar-refractivity contribution in [2.24, 2.45) is 23.7 Å². The summed E-state index contributed by atoms with van der Waals surface area (Å²) in [4.78, 5) is 10.6. The van der Waals surface area contributed by atoms with Crippen molar-refractivity contribution in [1.82, 2.24) is 0 Å². The first-order valence-electron chi connectivity index (χ1n) is 9.84. The van der Waals surface area contributed by atoms with Gasteiger partial charge in [0.2, 0.25) is 0 Å². The molecule has 0 spiro atoms. The second-order valence-electron chi connectivity index (χ2n) is 7.99. The van der Waals surface area contributed by atoms with Crippen molar-refractivity contribution in [1.29, 1.82) is 0 Å². The largest absolute Gasteiger partial charge is 0.481 e. The molecule has 0 amide bonds. The van der Waals surface area contributed by atoms with Crippen molar-refractivity contribution >= 4 is 5.97 Å². The Hall–Kier alpha value is -1.31. The number of aliphatic hydroxyl groups is 2. The van der Waals surface area contributed by atoms with Gasteiger partial charge in [0.25, 0.3) is 0 Å². The van der Waals surface area contributed by atoms with Gasteiger partial charge in [0.05, 0.1) is 12.0 Å². The van der Waals surface area contributed by atoms with Gasteiger partial charge in [-0.2, -0.15) is 0 Å². The van der Waals surface area contributed by atoms with Crippen LogP contribution < -0.4 is 0 Å². The Bertz CT molecular complexity index is 564. The maximum absolute atomic E-state index is 10.6. The highest BCUT2D eigenvalue weighted by Gasteiger charge is 2.46. The molecular formula is C21H30O4. The molecule has 1 unspecified atom stereocenters. The van der Waals surface area contributed by atoms with Crippen LogP contribution in [0.2, 0.25) is 0 Å². The molecule has 0 aliphatic heterocycles. The van der Waals surface area contributed by atoms with Crippen LogP contribution >= 0.6 is 0 Å². The summed E-state index contributed by atoms with van der Waals surface area (Å²) in [6.07, 6.45) is 10.3. The van der Waals surface area contributed by atoms with Crippen molar-refractivity contribution in [3.05, 3.63) is 11.6 Å². The van der Waals surface area contributed by atoms with E-state index in [0.717, 1.165) is 38.5 Å². The van der Waals surface area contributed by atoms with E-state index in [4.69, 9.17) is 5.11 Å². The summed E-state index contributed by atoms with van der Waals surface area (Å²) in [5.74, 6) is 6.73. The molecule has 0 aromatic heterocycles. The molecule has 0 saturated heterocycles. The average molecular weight is 346 g/mol. The lowest BCUT2D eigenvalue weighted by atomic mass is 9.57. The van der Waals surface area contributed by atoms with Crippen LogP contribution in [0.4, 0.5) is 0 Å². The molecular weight excluding hydrogens is 316 g/mol. The molecule has 0 bridgehead atoms. The first-order chi connectivity index (χ1) is 12.1. The second-order valence-corrected chi connectivity index (χ2v) is 7.99. The Kier molecular flexibility index (Phi) is 6.19. The number of fused-ring (bicyclic) bond motifs is 1. The molecule has 3 aliphatic rings. The Morgan fingerprint density at radius 3 is 2.72 bits per heavy atom. The van der Waals surface area contributed by atoms with Gasteiger partial charge in [-0.05, 0) is 62.7 Å².